The van der Waals surface area contributed by atoms with Crippen LogP contribution in [-0.4, -0.2) is 35.4 Å². The van der Waals surface area contributed by atoms with Gasteiger partial charge in [-0.05, 0) is 54.9 Å². The van der Waals surface area contributed by atoms with Crippen molar-refractivity contribution in [2.75, 3.05) is 18.6 Å². The Kier molecular flexibility index (Phi) is 4.13. The SMILES string of the molecule is COc1cc(CC2(O)CC2)ccc1OC1CCSCC1. The molecule has 0 unspecified atom stereocenters. The zero-order valence-corrected chi connectivity index (χ0v) is 12.7. The van der Waals surface area contributed by atoms with Crippen molar-refractivity contribution >= 4 is 11.8 Å². The monoisotopic (exact) mass is 294 g/mol. The zero-order chi connectivity index (χ0) is 14.0. The summed E-state index contributed by atoms with van der Waals surface area (Å²) < 4.78 is 11.5. The van der Waals surface area contributed by atoms with Crippen LogP contribution in [0.2, 0.25) is 0 Å². The summed E-state index contributed by atoms with van der Waals surface area (Å²) in [6.07, 6.45) is 5.05. The van der Waals surface area contributed by atoms with Crippen molar-refractivity contribution in [3.05, 3.63) is 23.8 Å². The van der Waals surface area contributed by atoms with Crippen molar-refractivity contribution in [1.29, 1.82) is 0 Å². The number of rotatable bonds is 5. The lowest BCUT2D eigenvalue weighted by Gasteiger charge is -2.24. The van der Waals surface area contributed by atoms with Gasteiger partial charge < -0.3 is 14.6 Å². The molecule has 1 heterocycles. The van der Waals surface area contributed by atoms with Crippen molar-refractivity contribution in [3.63, 3.8) is 0 Å². The van der Waals surface area contributed by atoms with Crippen LogP contribution in [0.15, 0.2) is 18.2 Å². The smallest absolute Gasteiger partial charge is 0.161 e. The molecule has 1 N–H and O–H groups in total. The Morgan fingerprint density at radius 2 is 2.00 bits per heavy atom. The van der Waals surface area contributed by atoms with Crippen molar-refractivity contribution in [2.24, 2.45) is 0 Å². The zero-order valence-electron chi connectivity index (χ0n) is 11.9. The first-order chi connectivity index (χ1) is 9.68. The van der Waals surface area contributed by atoms with Crippen molar-refractivity contribution in [2.45, 2.75) is 43.8 Å². The van der Waals surface area contributed by atoms with Crippen LogP contribution in [0.1, 0.15) is 31.2 Å². The van der Waals surface area contributed by atoms with Gasteiger partial charge in [0.05, 0.1) is 12.7 Å². The minimum atomic E-state index is -0.464. The first-order valence-electron chi connectivity index (χ1n) is 7.32. The molecule has 0 radical (unpaired) electrons. The highest BCUT2D eigenvalue weighted by Crippen LogP contribution is 2.40. The summed E-state index contributed by atoms with van der Waals surface area (Å²) in [6.45, 7) is 0. The van der Waals surface area contributed by atoms with Crippen LogP contribution in [0.25, 0.3) is 0 Å². The Morgan fingerprint density at radius 3 is 2.65 bits per heavy atom. The van der Waals surface area contributed by atoms with Gasteiger partial charge in [0, 0.05) is 6.42 Å². The molecule has 0 amide bonds. The summed E-state index contributed by atoms with van der Waals surface area (Å²) in [4.78, 5) is 0. The largest absolute Gasteiger partial charge is 0.493 e. The average molecular weight is 294 g/mol. The highest BCUT2D eigenvalue weighted by molar-refractivity contribution is 7.99. The van der Waals surface area contributed by atoms with E-state index in [9.17, 15) is 5.11 Å². The molecule has 1 aliphatic heterocycles. The molecule has 3 nitrogen and oxygen atoms in total. The van der Waals surface area contributed by atoms with Gasteiger partial charge in [-0.1, -0.05) is 6.07 Å². The third-order valence-electron chi connectivity index (χ3n) is 4.05. The van der Waals surface area contributed by atoms with Crippen LogP contribution < -0.4 is 9.47 Å². The second-order valence-electron chi connectivity index (χ2n) is 5.82. The second kappa shape index (κ2) is 5.86. The Balaban J connectivity index is 1.69. The fourth-order valence-electron chi connectivity index (χ4n) is 2.59. The van der Waals surface area contributed by atoms with Gasteiger partial charge >= 0.3 is 0 Å². The van der Waals surface area contributed by atoms with E-state index in [1.54, 1.807) is 7.11 Å². The van der Waals surface area contributed by atoms with Crippen LogP contribution in [0.5, 0.6) is 11.5 Å². The maximum atomic E-state index is 10.0. The quantitative estimate of drug-likeness (QED) is 0.906. The first-order valence-corrected chi connectivity index (χ1v) is 8.48. The standard InChI is InChI=1S/C16H22O3S/c1-18-15-10-12(11-16(17)6-7-16)2-3-14(15)19-13-4-8-20-9-5-13/h2-3,10,13,17H,4-9,11H2,1H3. The molecule has 1 saturated heterocycles. The van der Waals surface area contributed by atoms with Gasteiger partial charge in [-0.2, -0.15) is 11.8 Å². The van der Waals surface area contributed by atoms with E-state index in [0.717, 1.165) is 42.7 Å². The molecule has 1 aromatic carbocycles. The van der Waals surface area contributed by atoms with Crippen LogP contribution in [0, 0.1) is 0 Å². The van der Waals surface area contributed by atoms with Crippen LogP contribution in [0.4, 0.5) is 0 Å². The second-order valence-corrected chi connectivity index (χ2v) is 7.04. The Bertz CT molecular complexity index is 465. The molecule has 2 aliphatic rings. The van der Waals surface area contributed by atoms with Crippen molar-refractivity contribution in [3.8, 4) is 11.5 Å². The molecule has 3 rings (SSSR count). The van der Waals surface area contributed by atoms with E-state index in [1.165, 1.54) is 11.5 Å². The minimum absolute atomic E-state index is 0.309. The van der Waals surface area contributed by atoms with Gasteiger partial charge in [-0.3, -0.25) is 0 Å². The molecule has 0 spiro atoms. The van der Waals surface area contributed by atoms with Gasteiger partial charge in [-0.25, -0.2) is 0 Å². The molecule has 0 bridgehead atoms. The van der Waals surface area contributed by atoms with E-state index in [0.29, 0.717) is 12.5 Å². The summed E-state index contributed by atoms with van der Waals surface area (Å²) in [7, 11) is 1.68. The average Bonchev–Trinajstić information content (AvgIpc) is 3.19. The Morgan fingerprint density at radius 1 is 1.25 bits per heavy atom. The fraction of sp³-hybridized carbons (Fsp3) is 0.625. The summed E-state index contributed by atoms with van der Waals surface area (Å²) in [5, 5.41) is 10.0. The molecule has 1 aliphatic carbocycles. The molecule has 110 valence electrons. The molecule has 4 heteroatoms. The summed E-state index contributed by atoms with van der Waals surface area (Å²) in [6, 6.07) is 6.04. The molecule has 1 aromatic rings. The Hall–Kier alpha value is -0.870. The van der Waals surface area contributed by atoms with Crippen molar-refractivity contribution < 1.29 is 14.6 Å². The van der Waals surface area contributed by atoms with E-state index < -0.39 is 5.60 Å². The topological polar surface area (TPSA) is 38.7 Å². The molecule has 0 atom stereocenters. The van der Waals surface area contributed by atoms with E-state index in [4.69, 9.17) is 9.47 Å². The first kappa shape index (κ1) is 14.1. The summed E-state index contributed by atoms with van der Waals surface area (Å²) in [5.41, 5.74) is 0.655. The maximum Gasteiger partial charge on any atom is 0.161 e. The number of benzene rings is 1. The number of hydrogen-bond donors (Lipinski definition) is 1. The number of ether oxygens (including phenoxy) is 2. The highest BCUT2D eigenvalue weighted by atomic mass is 32.2. The predicted molar refractivity (Wildman–Crippen MR) is 81.9 cm³/mol. The van der Waals surface area contributed by atoms with Crippen LogP contribution >= 0.6 is 11.8 Å². The normalized spacial score (nSPS) is 21.5. The third-order valence-corrected chi connectivity index (χ3v) is 5.10. The molecular weight excluding hydrogens is 272 g/mol. The lowest BCUT2D eigenvalue weighted by Crippen LogP contribution is -2.22. The van der Waals surface area contributed by atoms with E-state index in [-0.39, 0.29) is 0 Å². The lowest BCUT2D eigenvalue weighted by atomic mass is 10.1. The van der Waals surface area contributed by atoms with Gasteiger partial charge in [0.25, 0.3) is 0 Å². The predicted octanol–water partition coefficient (Wildman–Crippen LogP) is 3.04. The van der Waals surface area contributed by atoms with Gasteiger partial charge in [0.1, 0.15) is 6.10 Å². The van der Waals surface area contributed by atoms with Crippen molar-refractivity contribution in [1.82, 2.24) is 0 Å². The van der Waals surface area contributed by atoms with Crippen LogP contribution in [-0.2, 0) is 6.42 Å². The number of aliphatic hydroxyl groups is 1. The van der Waals surface area contributed by atoms with Gasteiger partial charge in [-0.15, -0.1) is 0 Å². The van der Waals surface area contributed by atoms with E-state index in [2.05, 4.69) is 0 Å². The fourth-order valence-corrected chi connectivity index (χ4v) is 3.66. The number of hydrogen-bond acceptors (Lipinski definition) is 4. The lowest BCUT2D eigenvalue weighted by molar-refractivity contribution is 0.150. The molecule has 2 fully saturated rings. The molecule has 1 saturated carbocycles. The summed E-state index contributed by atoms with van der Waals surface area (Å²) in [5.74, 6) is 3.97. The molecule has 20 heavy (non-hydrogen) atoms. The number of thioether (sulfide) groups is 1. The van der Waals surface area contributed by atoms with Gasteiger partial charge in [0.2, 0.25) is 0 Å². The Labute approximate surface area is 124 Å². The summed E-state index contributed by atoms with van der Waals surface area (Å²) >= 11 is 2.00. The maximum absolute atomic E-state index is 10.0. The minimum Gasteiger partial charge on any atom is -0.493 e. The molecular formula is C16H22O3S. The van der Waals surface area contributed by atoms with Crippen LogP contribution in [0.3, 0.4) is 0 Å². The number of methoxy groups -OCH3 is 1. The van der Waals surface area contributed by atoms with Gasteiger partial charge in [0.15, 0.2) is 11.5 Å². The van der Waals surface area contributed by atoms with E-state index >= 15 is 0 Å². The van der Waals surface area contributed by atoms with E-state index in [1.807, 2.05) is 30.0 Å². The third kappa shape index (κ3) is 3.41. The molecule has 0 aromatic heterocycles. The highest BCUT2D eigenvalue weighted by Gasteiger charge is 2.40.